The van der Waals surface area contributed by atoms with Crippen molar-refractivity contribution in [2.75, 3.05) is 0 Å². The van der Waals surface area contributed by atoms with Gasteiger partial charge >= 0.3 is 5.69 Å². The van der Waals surface area contributed by atoms with Crippen molar-refractivity contribution in [2.45, 2.75) is 6.61 Å². The van der Waals surface area contributed by atoms with Crippen LogP contribution in [0.4, 0.5) is 5.69 Å². The molecule has 0 saturated heterocycles. The van der Waals surface area contributed by atoms with E-state index >= 15 is 0 Å². The van der Waals surface area contributed by atoms with Crippen LogP contribution in [0.25, 0.3) is 6.08 Å². The molecule has 3 aromatic rings. The molecule has 140 valence electrons. The molecule has 0 bridgehead atoms. The number of allylic oxidation sites excluding steroid dienone is 1. The third-order valence-corrected chi connectivity index (χ3v) is 4.01. The van der Waals surface area contributed by atoms with Crippen molar-refractivity contribution in [3.63, 3.8) is 0 Å². The number of aromatic hydroxyl groups is 1. The summed E-state index contributed by atoms with van der Waals surface area (Å²) >= 11 is 0. The van der Waals surface area contributed by atoms with E-state index in [-0.39, 0.29) is 35.1 Å². The van der Waals surface area contributed by atoms with Crippen molar-refractivity contribution < 1.29 is 19.6 Å². The average molecular weight is 375 g/mol. The summed E-state index contributed by atoms with van der Waals surface area (Å²) < 4.78 is 5.64. The second-order valence-electron chi connectivity index (χ2n) is 5.97. The van der Waals surface area contributed by atoms with E-state index in [2.05, 4.69) is 0 Å². The van der Waals surface area contributed by atoms with Crippen LogP contribution in [0.3, 0.4) is 0 Å². The number of para-hydroxylation sites is 1. The zero-order valence-electron chi connectivity index (χ0n) is 14.8. The zero-order chi connectivity index (χ0) is 19.9. The fourth-order valence-electron chi connectivity index (χ4n) is 2.58. The molecule has 3 rings (SSSR count). The minimum atomic E-state index is -0.513. The van der Waals surface area contributed by atoms with Gasteiger partial charge in [-0.2, -0.15) is 0 Å². The first-order chi connectivity index (χ1) is 13.5. The van der Waals surface area contributed by atoms with Gasteiger partial charge in [-0.15, -0.1) is 0 Å². The molecule has 1 N–H and O–H groups in total. The van der Waals surface area contributed by atoms with Gasteiger partial charge in [0.2, 0.25) is 0 Å². The predicted octanol–water partition coefficient (Wildman–Crippen LogP) is 4.78. The molecule has 0 aliphatic carbocycles. The maximum atomic E-state index is 12.2. The zero-order valence-corrected chi connectivity index (χ0v) is 14.8. The predicted molar refractivity (Wildman–Crippen MR) is 105 cm³/mol. The molecule has 28 heavy (non-hydrogen) atoms. The normalized spacial score (nSPS) is 10.7. The molecule has 0 fully saturated rings. The number of benzene rings is 3. The molecule has 0 heterocycles. The molecule has 0 aliphatic rings. The number of ketones is 1. The largest absolute Gasteiger partial charge is 0.507 e. The number of carbonyl (C=O) groups excluding carboxylic acids is 1. The molecule has 6 nitrogen and oxygen atoms in total. The van der Waals surface area contributed by atoms with Crippen molar-refractivity contribution in [1.29, 1.82) is 0 Å². The van der Waals surface area contributed by atoms with Crippen LogP contribution in [0.15, 0.2) is 78.9 Å². The lowest BCUT2D eigenvalue weighted by Gasteiger charge is -2.08. The fourth-order valence-corrected chi connectivity index (χ4v) is 2.58. The third-order valence-electron chi connectivity index (χ3n) is 4.01. The van der Waals surface area contributed by atoms with Crippen LogP contribution < -0.4 is 4.74 Å². The fraction of sp³-hybridized carbons (Fsp3) is 0.0455. The first-order valence-corrected chi connectivity index (χ1v) is 8.50. The molecular weight excluding hydrogens is 358 g/mol. The van der Waals surface area contributed by atoms with Crippen molar-refractivity contribution in [3.05, 3.63) is 106 Å². The number of hydrogen-bond acceptors (Lipinski definition) is 5. The summed E-state index contributed by atoms with van der Waals surface area (Å²) in [7, 11) is 0. The van der Waals surface area contributed by atoms with E-state index in [0.29, 0.717) is 5.56 Å². The first-order valence-electron chi connectivity index (χ1n) is 8.50. The Bertz CT molecular complexity index is 1030. The summed E-state index contributed by atoms with van der Waals surface area (Å²) in [4.78, 5) is 23.0. The van der Waals surface area contributed by atoms with Crippen molar-refractivity contribution in [2.24, 2.45) is 0 Å². The van der Waals surface area contributed by atoms with Gasteiger partial charge in [-0.1, -0.05) is 48.5 Å². The standard InChI is InChI=1S/C22H17NO5/c24-20-9-5-4-8-18(20)21(25)13-11-16-10-12-19(23(26)27)22(14-16)28-15-17-6-2-1-3-7-17/h1-14,24H,15H2/b13-11+. The van der Waals surface area contributed by atoms with Crippen molar-refractivity contribution in [1.82, 2.24) is 0 Å². The van der Waals surface area contributed by atoms with Gasteiger partial charge in [-0.25, -0.2) is 0 Å². The lowest BCUT2D eigenvalue weighted by atomic mass is 10.1. The monoisotopic (exact) mass is 375 g/mol. The molecule has 6 heteroatoms. The molecule has 0 saturated carbocycles. The molecule has 0 unspecified atom stereocenters. The lowest BCUT2D eigenvalue weighted by Crippen LogP contribution is -1.99. The van der Waals surface area contributed by atoms with E-state index in [1.54, 1.807) is 12.1 Å². The average Bonchev–Trinajstić information content (AvgIpc) is 2.71. The van der Waals surface area contributed by atoms with Crippen LogP contribution in [0.1, 0.15) is 21.5 Å². The Morgan fingerprint density at radius 1 is 1.04 bits per heavy atom. The van der Waals surface area contributed by atoms with E-state index < -0.39 is 4.92 Å². The molecule has 0 aliphatic heterocycles. The van der Waals surface area contributed by atoms with E-state index in [4.69, 9.17) is 4.74 Å². The second-order valence-corrected chi connectivity index (χ2v) is 5.97. The van der Waals surface area contributed by atoms with Gasteiger partial charge in [-0.3, -0.25) is 14.9 Å². The Morgan fingerprint density at radius 3 is 2.46 bits per heavy atom. The van der Waals surface area contributed by atoms with Gasteiger partial charge in [-0.05, 0) is 41.5 Å². The van der Waals surface area contributed by atoms with E-state index in [9.17, 15) is 20.0 Å². The highest BCUT2D eigenvalue weighted by molar-refractivity contribution is 6.08. The Labute approximate surface area is 161 Å². The van der Waals surface area contributed by atoms with Crippen LogP contribution in [-0.4, -0.2) is 15.8 Å². The van der Waals surface area contributed by atoms with Gasteiger partial charge in [0.1, 0.15) is 12.4 Å². The lowest BCUT2D eigenvalue weighted by molar-refractivity contribution is -0.385. The Kier molecular flexibility index (Phi) is 5.81. The number of carbonyl (C=O) groups is 1. The van der Waals surface area contributed by atoms with Gasteiger partial charge < -0.3 is 9.84 Å². The van der Waals surface area contributed by atoms with Gasteiger partial charge in [0.05, 0.1) is 10.5 Å². The van der Waals surface area contributed by atoms with Gasteiger partial charge in [0.25, 0.3) is 0 Å². The summed E-state index contributed by atoms with van der Waals surface area (Å²) in [6.45, 7) is 0.186. The number of phenols is 1. The number of ether oxygens (including phenoxy) is 1. The second kappa shape index (κ2) is 8.64. The van der Waals surface area contributed by atoms with Crippen LogP contribution in [0.2, 0.25) is 0 Å². The highest BCUT2D eigenvalue weighted by atomic mass is 16.6. The maximum Gasteiger partial charge on any atom is 0.310 e. The number of rotatable bonds is 7. The van der Waals surface area contributed by atoms with Crippen LogP contribution in [0.5, 0.6) is 11.5 Å². The number of nitro benzene ring substituents is 1. The quantitative estimate of drug-likeness (QED) is 0.278. The van der Waals surface area contributed by atoms with Gasteiger partial charge in [0.15, 0.2) is 11.5 Å². The maximum absolute atomic E-state index is 12.2. The number of nitro groups is 1. The minimum Gasteiger partial charge on any atom is -0.507 e. The van der Waals surface area contributed by atoms with Crippen LogP contribution in [0, 0.1) is 10.1 Å². The molecular formula is C22H17NO5. The molecule has 0 spiro atoms. The first kappa shape index (κ1) is 18.8. The summed E-state index contributed by atoms with van der Waals surface area (Å²) in [6, 6.07) is 19.9. The van der Waals surface area contributed by atoms with Crippen molar-refractivity contribution >= 4 is 17.5 Å². The summed E-state index contributed by atoms with van der Waals surface area (Å²) in [5.74, 6) is -0.359. The van der Waals surface area contributed by atoms with Crippen LogP contribution in [-0.2, 0) is 6.61 Å². The summed E-state index contributed by atoms with van der Waals surface area (Å²) in [5.41, 5.74) is 1.48. The van der Waals surface area contributed by atoms with Gasteiger partial charge in [0, 0.05) is 6.07 Å². The summed E-state index contributed by atoms with van der Waals surface area (Å²) in [5, 5.41) is 21.0. The van der Waals surface area contributed by atoms with E-state index in [1.807, 2.05) is 30.3 Å². The molecule has 0 radical (unpaired) electrons. The minimum absolute atomic E-state index is 0.104. The Balaban J connectivity index is 1.81. The van der Waals surface area contributed by atoms with Crippen molar-refractivity contribution in [3.8, 4) is 11.5 Å². The van der Waals surface area contributed by atoms with E-state index in [0.717, 1.165) is 5.56 Å². The Hall–Kier alpha value is -3.93. The third kappa shape index (κ3) is 4.62. The SMILES string of the molecule is O=C(/C=C/c1ccc([N+](=O)[O-])c(OCc2ccccc2)c1)c1ccccc1O. The highest BCUT2D eigenvalue weighted by Crippen LogP contribution is 2.29. The molecule has 0 aromatic heterocycles. The molecule has 3 aromatic carbocycles. The smallest absolute Gasteiger partial charge is 0.310 e. The number of nitrogens with zero attached hydrogens (tertiary/aromatic N) is 1. The van der Waals surface area contributed by atoms with E-state index in [1.165, 1.54) is 42.5 Å². The highest BCUT2D eigenvalue weighted by Gasteiger charge is 2.15. The molecule has 0 amide bonds. The number of phenolic OH excluding ortho intramolecular Hbond substituents is 1. The van der Waals surface area contributed by atoms with Crippen LogP contribution >= 0.6 is 0 Å². The summed E-state index contributed by atoms with van der Waals surface area (Å²) in [6.07, 6.45) is 2.82. The molecule has 0 atom stereocenters. The number of hydrogen-bond donors (Lipinski definition) is 1. The Morgan fingerprint density at radius 2 is 1.75 bits per heavy atom. The topological polar surface area (TPSA) is 89.7 Å².